The maximum atomic E-state index is 11.6. The van der Waals surface area contributed by atoms with Crippen LogP contribution in [0.15, 0.2) is 12.4 Å². The third-order valence-corrected chi connectivity index (χ3v) is 2.92. The summed E-state index contributed by atoms with van der Waals surface area (Å²) < 4.78 is 0. The van der Waals surface area contributed by atoms with Crippen molar-refractivity contribution in [3.05, 3.63) is 35.2 Å². The van der Waals surface area contributed by atoms with E-state index in [1.54, 1.807) is 0 Å². The fourth-order valence-electron chi connectivity index (χ4n) is 2.00. The molecule has 18 heavy (non-hydrogen) atoms. The second-order valence-corrected chi connectivity index (χ2v) is 4.15. The number of carbonyl (C=O) groups excluding carboxylic acids is 1. The maximum absolute atomic E-state index is 11.6. The molecule has 0 aromatic carbocycles. The van der Waals surface area contributed by atoms with Gasteiger partial charge >= 0.3 is 0 Å². The summed E-state index contributed by atoms with van der Waals surface area (Å²) in [6.45, 7) is 0.305. The van der Waals surface area contributed by atoms with E-state index in [2.05, 4.69) is 30.7 Å². The van der Waals surface area contributed by atoms with Crippen LogP contribution < -0.4 is 5.32 Å². The van der Waals surface area contributed by atoms with Gasteiger partial charge in [0.15, 0.2) is 5.69 Å². The molecule has 0 spiro atoms. The third kappa shape index (κ3) is 2.06. The van der Waals surface area contributed by atoms with Crippen molar-refractivity contribution in [3.8, 4) is 0 Å². The van der Waals surface area contributed by atoms with Gasteiger partial charge in [-0.15, -0.1) is 0 Å². The lowest BCUT2D eigenvalue weighted by molar-refractivity contribution is 0.0945. The van der Waals surface area contributed by atoms with Gasteiger partial charge < -0.3 is 5.32 Å². The monoisotopic (exact) mass is 244 g/mol. The molecule has 7 nitrogen and oxygen atoms in total. The first-order valence-electron chi connectivity index (χ1n) is 5.80. The number of amides is 1. The quantitative estimate of drug-likeness (QED) is 0.793. The summed E-state index contributed by atoms with van der Waals surface area (Å²) >= 11 is 0. The highest BCUT2D eigenvalue weighted by Gasteiger charge is 2.14. The molecule has 0 radical (unpaired) electrons. The molecule has 1 aliphatic rings. The molecule has 3 rings (SSSR count). The van der Waals surface area contributed by atoms with E-state index < -0.39 is 0 Å². The lowest BCUT2D eigenvalue weighted by Gasteiger charge is -2.04. The Hall–Kier alpha value is -2.31. The molecule has 0 aliphatic heterocycles. The number of carbonyl (C=O) groups is 1. The Kier molecular flexibility index (Phi) is 2.71. The smallest absolute Gasteiger partial charge is 0.273 e. The number of hydrogen-bond acceptors (Lipinski definition) is 5. The number of aromatic nitrogens is 5. The Morgan fingerprint density at radius 1 is 1.39 bits per heavy atom. The molecular weight excluding hydrogens is 232 g/mol. The summed E-state index contributed by atoms with van der Waals surface area (Å²) in [5, 5.41) is 12.4. The molecule has 0 unspecified atom stereocenters. The van der Waals surface area contributed by atoms with Gasteiger partial charge in [-0.2, -0.15) is 15.4 Å². The van der Waals surface area contributed by atoms with Crippen LogP contribution in [-0.2, 0) is 19.4 Å². The molecule has 0 saturated carbocycles. The van der Waals surface area contributed by atoms with E-state index in [1.165, 1.54) is 11.8 Å². The normalized spacial score (nSPS) is 13.3. The van der Waals surface area contributed by atoms with Crippen molar-refractivity contribution in [3.63, 3.8) is 0 Å². The molecule has 0 atom stereocenters. The second kappa shape index (κ2) is 4.52. The van der Waals surface area contributed by atoms with E-state index >= 15 is 0 Å². The van der Waals surface area contributed by atoms with Gasteiger partial charge in [-0.3, -0.25) is 4.79 Å². The van der Waals surface area contributed by atoms with E-state index in [0.717, 1.165) is 25.0 Å². The Bertz CT molecular complexity index is 565. The molecule has 1 amide bonds. The lowest BCUT2D eigenvalue weighted by atomic mass is 10.3. The molecule has 0 saturated heterocycles. The van der Waals surface area contributed by atoms with E-state index in [0.29, 0.717) is 12.4 Å². The summed E-state index contributed by atoms with van der Waals surface area (Å²) in [5.41, 5.74) is 2.59. The summed E-state index contributed by atoms with van der Waals surface area (Å²) in [7, 11) is 0. The molecule has 92 valence electrons. The van der Waals surface area contributed by atoms with Crippen LogP contribution in [0.25, 0.3) is 0 Å². The standard InChI is InChI=1S/C11H12N6O/c18-11(9-5-14-17-16-9)13-6-10-12-4-7-2-1-3-8(7)15-10/h4-5H,1-3,6H2,(H,13,18)(H,14,16,17). The number of nitrogens with zero attached hydrogens (tertiary/aromatic N) is 4. The second-order valence-electron chi connectivity index (χ2n) is 4.15. The Morgan fingerprint density at radius 3 is 3.17 bits per heavy atom. The minimum Gasteiger partial charge on any atom is -0.343 e. The van der Waals surface area contributed by atoms with Crippen LogP contribution >= 0.6 is 0 Å². The Balaban J connectivity index is 1.65. The van der Waals surface area contributed by atoms with Crippen molar-refractivity contribution in [2.45, 2.75) is 25.8 Å². The van der Waals surface area contributed by atoms with Gasteiger partial charge in [-0.1, -0.05) is 0 Å². The van der Waals surface area contributed by atoms with Crippen LogP contribution in [0.5, 0.6) is 0 Å². The van der Waals surface area contributed by atoms with Crippen molar-refractivity contribution < 1.29 is 4.79 Å². The van der Waals surface area contributed by atoms with Crippen LogP contribution in [0.3, 0.4) is 0 Å². The van der Waals surface area contributed by atoms with Gasteiger partial charge in [-0.25, -0.2) is 9.97 Å². The molecule has 2 aromatic rings. The average Bonchev–Trinajstić information content (AvgIpc) is 3.05. The molecule has 2 aromatic heterocycles. The number of hydrogen-bond donors (Lipinski definition) is 2. The van der Waals surface area contributed by atoms with Crippen LogP contribution in [0.4, 0.5) is 0 Å². The van der Waals surface area contributed by atoms with Gasteiger partial charge in [-0.05, 0) is 24.8 Å². The number of rotatable bonds is 3. The fourth-order valence-corrected chi connectivity index (χ4v) is 2.00. The lowest BCUT2D eigenvalue weighted by Crippen LogP contribution is -2.24. The third-order valence-electron chi connectivity index (χ3n) is 2.92. The zero-order chi connectivity index (χ0) is 12.4. The highest BCUT2D eigenvalue weighted by molar-refractivity contribution is 5.91. The van der Waals surface area contributed by atoms with Crippen LogP contribution in [0.1, 0.15) is 34.0 Å². The fraction of sp³-hybridized carbons (Fsp3) is 0.364. The van der Waals surface area contributed by atoms with Crippen molar-refractivity contribution in [2.75, 3.05) is 0 Å². The van der Waals surface area contributed by atoms with Gasteiger partial charge in [0.2, 0.25) is 0 Å². The summed E-state index contributed by atoms with van der Waals surface area (Å²) in [4.78, 5) is 20.3. The Labute approximate surface area is 103 Å². The maximum Gasteiger partial charge on any atom is 0.273 e. The van der Waals surface area contributed by atoms with Crippen molar-refractivity contribution in [2.24, 2.45) is 0 Å². The number of aromatic amines is 1. The first kappa shape index (κ1) is 10.8. The molecule has 2 N–H and O–H groups in total. The van der Waals surface area contributed by atoms with Crippen molar-refractivity contribution >= 4 is 5.91 Å². The molecule has 0 fully saturated rings. The predicted octanol–water partition coefficient (Wildman–Crippen LogP) is 0.0134. The molecule has 7 heteroatoms. The average molecular weight is 244 g/mol. The van der Waals surface area contributed by atoms with E-state index in [1.807, 2.05) is 6.20 Å². The van der Waals surface area contributed by atoms with Gasteiger partial charge in [0, 0.05) is 11.9 Å². The minimum atomic E-state index is -0.284. The first-order valence-corrected chi connectivity index (χ1v) is 5.80. The molecule has 2 heterocycles. The zero-order valence-electron chi connectivity index (χ0n) is 9.68. The largest absolute Gasteiger partial charge is 0.343 e. The number of H-pyrrole nitrogens is 1. The summed E-state index contributed by atoms with van der Waals surface area (Å²) in [5.74, 6) is 0.348. The summed E-state index contributed by atoms with van der Waals surface area (Å²) in [6, 6.07) is 0. The SMILES string of the molecule is O=C(NCc1ncc2c(n1)CCC2)c1cn[nH]n1. The first-order chi connectivity index (χ1) is 8.83. The number of aryl methyl sites for hydroxylation is 2. The van der Waals surface area contributed by atoms with Crippen LogP contribution in [0, 0.1) is 0 Å². The minimum absolute atomic E-state index is 0.260. The highest BCUT2D eigenvalue weighted by atomic mass is 16.1. The van der Waals surface area contributed by atoms with Gasteiger partial charge in [0.05, 0.1) is 12.7 Å². The van der Waals surface area contributed by atoms with Gasteiger partial charge in [0.25, 0.3) is 5.91 Å². The molecule has 0 bridgehead atoms. The van der Waals surface area contributed by atoms with Crippen LogP contribution in [0.2, 0.25) is 0 Å². The van der Waals surface area contributed by atoms with Crippen molar-refractivity contribution in [1.82, 2.24) is 30.7 Å². The van der Waals surface area contributed by atoms with Gasteiger partial charge in [0.1, 0.15) is 5.82 Å². The topological polar surface area (TPSA) is 96.5 Å². The molecule has 1 aliphatic carbocycles. The number of fused-ring (bicyclic) bond motifs is 1. The van der Waals surface area contributed by atoms with E-state index in [4.69, 9.17) is 0 Å². The van der Waals surface area contributed by atoms with Crippen molar-refractivity contribution in [1.29, 1.82) is 0 Å². The summed E-state index contributed by atoms with van der Waals surface area (Å²) in [6.07, 6.45) is 6.42. The van der Waals surface area contributed by atoms with E-state index in [9.17, 15) is 4.79 Å². The zero-order valence-corrected chi connectivity index (χ0v) is 9.68. The molecular formula is C11H12N6O. The highest BCUT2D eigenvalue weighted by Crippen LogP contribution is 2.18. The Morgan fingerprint density at radius 2 is 2.33 bits per heavy atom. The van der Waals surface area contributed by atoms with Crippen LogP contribution in [-0.4, -0.2) is 31.3 Å². The predicted molar refractivity (Wildman–Crippen MR) is 61.6 cm³/mol. The number of nitrogens with one attached hydrogen (secondary N) is 2. The van der Waals surface area contributed by atoms with E-state index in [-0.39, 0.29) is 11.6 Å².